The third-order valence-corrected chi connectivity index (χ3v) is 2.01. The fraction of sp³-hybridized carbons (Fsp3) is 0.556. The van der Waals surface area contributed by atoms with Crippen LogP contribution in [0.1, 0.15) is 18.6 Å². The quantitative estimate of drug-likeness (QED) is 0.532. The Morgan fingerprint density at radius 3 is 2.61 bits per heavy atom. The Bertz CT molecular complexity index is 430. The molecule has 4 N–H and O–H groups in total. The lowest BCUT2D eigenvalue weighted by molar-refractivity contribution is -0.141. The van der Waals surface area contributed by atoms with Crippen molar-refractivity contribution in [3.05, 3.63) is 11.7 Å². The number of carboxylic acid groups (broad SMARTS) is 1. The van der Waals surface area contributed by atoms with E-state index in [9.17, 15) is 9.59 Å². The zero-order chi connectivity index (χ0) is 13.7. The fourth-order valence-corrected chi connectivity index (χ4v) is 1.15. The molecule has 0 bridgehead atoms. The van der Waals surface area contributed by atoms with Crippen molar-refractivity contribution < 1.29 is 24.3 Å². The van der Waals surface area contributed by atoms with E-state index in [-0.39, 0.29) is 12.4 Å². The Morgan fingerprint density at radius 2 is 2.17 bits per heavy atom. The van der Waals surface area contributed by atoms with Crippen molar-refractivity contribution >= 4 is 12.0 Å². The van der Waals surface area contributed by atoms with Crippen molar-refractivity contribution in [1.82, 2.24) is 20.8 Å². The van der Waals surface area contributed by atoms with Crippen LogP contribution in [0.15, 0.2) is 4.52 Å². The van der Waals surface area contributed by atoms with E-state index in [4.69, 9.17) is 10.2 Å². The van der Waals surface area contributed by atoms with Gasteiger partial charge in [-0.3, -0.25) is 0 Å². The summed E-state index contributed by atoms with van der Waals surface area (Å²) in [4.78, 5) is 25.9. The largest absolute Gasteiger partial charge is 0.480 e. The van der Waals surface area contributed by atoms with Crippen LogP contribution in [-0.2, 0) is 11.3 Å². The van der Waals surface area contributed by atoms with Crippen LogP contribution in [-0.4, -0.2) is 44.5 Å². The van der Waals surface area contributed by atoms with Gasteiger partial charge in [0, 0.05) is 6.92 Å². The smallest absolute Gasteiger partial charge is 0.328 e. The van der Waals surface area contributed by atoms with Gasteiger partial charge >= 0.3 is 12.0 Å². The number of aliphatic hydroxyl groups excluding tert-OH is 1. The number of hydrogen-bond acceptors (Lipinski definition) is 6. The van der Waals surface area contributed by atoms with Gasteiger partial charge in [-0.15, -0.1) is 0 Å². The van der Waals surface area contributed by atoms with Gasteiger partial charge in [0.05, 0.1) is 12.6 Å². The van der Waals surface area contributed by atoms with Crippen LogP contribution >= 0.6 is 0 Å². The highest BCUT2D eigenvalue weighted by molar-refractivity contribution is 5.82. The Balaban J connectivity index is 2.43. The van der Waals surface area contributed by atoms with E-state index < -0.39 is 24.1 Å². The summed E-state index contributed by atoms with van der Waals surface area (Å²) in [6, 6.07) is -2.12. The number of nitrogens with one attached hydrogen (secondary N) is 2. The van der Waals surface area contributed by atoms with E-state index >= 15 is 0 Å². The predicted molar refractivity (Wildman–Crippen MR) is 57.5 cm³/mol. The van der Waals surface area contributed by atoms with E-state index in [0.29, 0.717) is 5.89 Å². The van der Waals surface area contributed by atoms with Crippen molar-refractivity contribution in [2.45, 2.75) is 32.5 Å². The second-order valence-electron chi connectivity index (χ2n) is 3.61. The normalized spacial score (nSPS) is 13.7. The van der Waals surface area contributed by atoms with Crippen LogP contribution in [0, 0.1) is 6.92 Å². The first-order valence-electron chi connectivity index (χ1n) is 5.14. The van der Waals surface area contributed by atoms with Gasteiger partial charge in [-0.2, -0.15) is 4.98 Å². The molecule has 2 amide bonds. The second-order valence-corrected chi connectivity index (χ2v) is 3.61. The summed E-state index contributed by atoms with van der Waals surface area (Å²) in [5.41, 5.74) is 0. The number of carboxylic acids is 1. The highest BCUT2D eigenvalue weighted by Gasteiger charge is 2.24. The zero-order valence-corrected chi connectivity index (χ0v) is 9.88. The SMILES string of the molecule is Cc1nc(CNC(=O)N[C@H](C(=O)O)[C@@H](C)O)no1. The predicted octanol–water partition coefficient (Wildman–Crippen LogP) is -0.989. The molecule has 1 heterocycles. The summed E-state index contributed by atoms with van der Waals surface area (Å²) in [5.74, 6) is -0.693. The molecule has 1 aromatic rings. The Labute approximate surface area is 102 Å². The number of carbonyl (C=O) groups excluding carboxylic acids is 1. The minimum atomic E-state index is -1.38. The average molecular weight is 258 g/mol. The minimum Gasteiger partial charge on any atom is -0.480 e. The van der Waals surface area contributed by atoms with Gasteiger partial charge in [0.25, 0.3) is 0 Å². The Morgan fingerprint density at radius 1 is 1.50 bits per heavy atom. The number of hydrogen-bond donors (Lipinski definition) is 4. The van der Waals surface area contributed by atoms with Crippen LogP contribution in [0.25, 0.3) is 0 Å². The first-order valence-corrected chi connectivity index (χ1v) is 5.14. The highest BCUT2D eigenvalue weighted by atomic mass is 16.5. The molecule has 0 aliphatic rings. The van der Waals surface area contributed by atoms with Gasteiger partial charge in [-0.05, 0) is 6.92 Å². The van der Waals surface area contributed by atoms with Crippen molar-refractivity contribution in [1.29, 1.82) is 0 Å². The molecule has 0 saturated heterocycles. The summed E-state index contributed by atoms with van der Waals surface area (Å²) >= 11 is 0. The summed E-state index contributed by atoms with van der Waals surface area (Å²) in [7, 11) is 0. The van der Waals surface area contributed by atoms with Crippen molar-refractivity contribution in [2.75, 3.05) is 0 Å². The highest BCUT2D eigenvalue weighted by Crippen LogP contribution is 1.95. The third kappa shape index (κ3) is 4.01. The summed E-state index contributed by atoms with van der Waals surface area (Å²) in [6.45, 7) is 2.86. The standard InChI is InChI=1S/C9H14N4O5/c1-4(14)7(8(15)16)12-9(17)10-3-6-11-5(2)18-13-6/h4,7,14H,3H2,1-2H3,(H,15,16)(H2,10,12,17)/t4-,7+/m1/s1. The van der Waals surface area contributed by atoms with Crippen molar-refractivity contribution in [2.24, 2.45) is 0 Å². The molecule has 9 nitrogen and oxygen atoms in total. The fourth-order valence-electron chi connectivity index (χ4n) is 1.15. The average Bonchev–Trinajstić information content (AvgIpc) is 2.68. The number of nitrogens with zero attached hydrogens (tertiary/aromatic N) is 2. The van der Waals surface area contributed by atoms with E-state index in [0.717, 1.165) is 0 Å². The number of aliphatic carboxylic acids is 1. The van der Waals surface area contributed by atoms with Crippen LogP contribution in [0.2, 0.25) is 0 Å². The number of carbonyl (C=O) groups is 2. The maximum atomic E-state index is 11.4. The van der Waals surface area contributed by atoms with Crippen LogP contribution in [0.3, 0.4) is 0 Å². The molecule has 2 atom stereocenters. The molecular formula is C9H14N4O5. The number of rotatable bonds is 5. The van der Waals surface area contributed by atoms with Crippen LogP contribution < -0.4 is 10.6 Å². The van der Waals surface area contributed by atoms with Crippen LogP contribution in [0.4, 0.5) is 4.79 Å². The number of amides is 2. The van der Waals surface area contributed by atoms with Crippen molar-refractivity contribution in [3.8, 4) is 0 Å². The molecule has 0 unspecified atom stereocenters. The number of urea groups is 1. The third-order valence-electron chi connectivity index (χ3n) is 2.01. The summed E-state index contributed by atoms with van der Waals surface area (Å²) in [5, 5.41) is 25.9. The molecule has 18 heavy (non-hydrogen) atoms. The number of aromatic nitrogens is 2. The second kappa shape index (κ2) is 5.96. The lowest BCUT2D eigenvalue weighted by Crippen LogP contribution is -2.51. The van der Waals surface area contributed by atoms with E-state index in [1.54, 1.807) is 6.92 Å². The van der Waals surface area contributed by atoms with Gasteiger partial charge in [0.2, 0.25) is 5.89 Å². The monoisotopic (exact) mass is 258 g/mol. The molecular weight excluding hydrogens is 244 g/mol. The molecule has 1 rings (SSSR count). The zero-order valence-electron chi connectivity index (χ0n) is 9.88. The molecule has 9 heteroatoms. The maximum absolute atomic E-state index is 11.4. The molecule has 0 fully saturated rings. The molecule has 100 valence electrons. The van der Waals surface area contributed by atoms with Gasteiger partial charge in [0.15, 0.2) is 11.9 Å². The molecule has 0 aliphatic carbocycles. The van der Waals surface area contributed by atoms with E-state index in [1.807, 2.05) is 0 Å². The maximum Gasteiger partial charge on any atom is 0.328 e. The summed E-state index contributed by atoms with van der Waals surface area (Å²) < 4.78 is 4.69. The van der Waals surface area contributed by atoms with Gasteiger partial charge in [-0.1, -0.05) is 5.16 Å². The Kier molecular flexibility index (Phi) is 4.60. The van der Waals surface area contributed by atoms with Crippen molar-refractivity contribution in [3.63, 3.8) is 0 Å². The van der Waals surface area contributed by atoms with Crippen LogP contribution in [0.5, 0.6) is 0 Å². The lowest BCUT2D eigenvalue weighted by Gasteiger charge is -2.16. The summed E-state index contributed by atoms with van der Waals surface area (Å²) in [6.07, 6.45) is -1.21. The lowest BCUT2D eigenvalue weighted by atomic mass is 10.2. The first-order chi connectivity index (χ1) is 8.40. The Hall–Kier alpha value is -2.16. The molecule has 0 spiro atoms. The molecule has 0 radical (unpaired) electrons. The molecule has 1 aromatic heterocycles. The van der Waals surface area contributed by atoms with E-state index in [2.05, 4.69) is 25.3 Å². The molecule has 0 aromatic carbocycles. The topological polar surface area (TPSA) is 138 Å². The van der Waals surface area contributed by atoms with E-state index in [1.165, 1.54) is 6.92 Å². The number of aliphatic hydroxyl groups is 1. The molecule has 0 saturated carbocycles. The minimum absolute atomic E-state index is 0.00464. The van der Waals surface area contributed by atoms with Gasteiger partial charge in [-0.25, -0.2) is 9.59 Å². The van der Waals surface area contributed by atoms with Gasteiger partial charge < -0.3 is 25.4 Å². The molecule has 0 aliphatic heterocycles. The first kappa shape index (κ1) is 13.9. The van der Waals surface area contributed by atoms with Gasteiger partial charge in [0.1, 0.15) is 0 Å². The number of aryl methyl sites for hydroxylation is 1.